The molecule has 1 atom stereocenters. The maximum atomic E-state index is 6.08. The minimum Gasteiger partial charge on any atom is -0.146 e. The Morgan fingerprint density at radius 2 is 1.77 bits per heavy atom. The van der Waals surface area contributed by atoms with Gasteiger partial charge in [-0.15, -0.1) is 22.2 Å². The Kier molecular flexibility index (Phi) is 3.83. The average molecular weight is 233 g/mol. The van der Waals surface area contributed by atoms with Crippen molar-refractivity contribution in [3.63, 3.8) is 0 Å². The molecule has 0 saturated carbocycles. The predicted molar refractivity (Wildman–Crippen MR) is 63.0 cm³/mol. The fraction of sp³-hybridized carbons (Fsp3) is 0.400. The highest BCUT2D eigenvalue weighted by Crippen LogP contribution is 2.30. The molecule has 1 rings (SSSR count). The summed E-state index contributed by atoms with van der Waals surface area (Å²) in [5, 5.41) is 0. The number of benzene rings is 1. The molecule has 0 fully saturated rings. The monoisotopic (exact) mass is 232 g/mol. The van der Waals surface area contributed by atoms with Gasteiger partial charge in [0.05, 0.1) is 0 Å². The molecule has 0 aliphatic rings. The lowest BCUT2D eigenvalue weighted by atomic mass is 10.0. The van der Waals surface area contributed by atoms with Crippen molar-refractivity contribution in [3.05, 3.63) is 35.9 Å². The van der Waals surface area contributed by atoms with E-state index in [-0.39, 0.29) is 0 Å². The summed E-state index contributed by atoms with van der Waals surface area (Å²) < 4.78 is 0. The van der Waals surface area contributed by atoms with E-state index in [9.17, 15) is 0 Å². The molecule has 1 aromatic rings. The van der Waals surface area contributed by atoms with Gasteiger partial charge >= 0.3 is 0 Å². The molecule has 0 N–H and O–H groups in total. The first-order chi connectivity index (χ1) is 5.99. The molecule has 3 heteroatoms. The van der Waals surface area contributed by atoms with Crippen molar-refractivity contribution < 1.29 is 0 Å². The van der Waals surface area contributed by atoms with Crippen LogP contribution < -0.4 is 0 Å². The number of hydrogen-bond donors (Lipinski definition) is 0. The van der Waals surface area contributed by atoms with E-state index < -0.39 is 6.69 Å². The van der Waals surface area contributed by atoms with Gasteiger partial charge in [-0.3, -0.25) is 0 Å². The van der Waals surface area contributed by atoms with E-state index in [4.69, 9.17) is 22.2 Å². The largest absolute Gasteiger partial charge is 0.249 e. The highest BCUT2D eigenvalue weighted by Gasteiger charge is 2.24. The van der Waals surface area contributed by atoms with Crippen LogP contribution in [-0.4, -0.2) is 6.69 Å². The van der Waals surface area contributed by atoms with Crippen molar-refractivity contribution in [2.24, 2.45) is 0 Å². The van der Waals surface area contributed by atoms with Crippen LogP contribution in [-0.2, 0) is 0 Å². The van der Waals surface area contributed by atoms with Gasteiger partial charge in [0, 0.05) is 0 Å². The van der Waals surface area contributed by atoms with Crippen molar-refractivity contribution in [2.75, 3.05) is 0 Å². The van der Waals surface area contributed by atoms with E-state index in [2.05, 4.69) is 19.1 Å². The fourth-order valence-corrected chi connectivity index (χ4v) is 4.14. The van der Waals surface area contributed by atoms with Gasteiger partial charge in [-0.25, -0.2) is 0 Å². The molecule has 0 radical (unpaired) electrons. The quantitative estimate of drug-likeness (QED) is 0.538. The molecule has 0 nitrogen and oxygen atoms in total. The Hall–Kier alpha value is 0.0169. The summed E-state index contributed by atoms with van der Waals surface area (Å²) >= 11 is 12.2. The predicted octanol–water partition coefficient (Wildman–Crippen LogP) is 4.34. The van der Waals surface area contributed by atoms with E-state index in [0.29, 0.717) is 5.92 Å². The van der Waals surface area contributed by atoms with Gasteiger partial charge in [0.25, 0.3) is 0 Å². The van der Waals surface area contributed by atoms with Crippen LogP contribution in [0.5, 0.6) is 0 Å². The van der Waals surface area contributed by atoms with Crippen molar-refractivity contribution in [3.8, 4) is 0 Å². The summed E-state index contributed by atoms with van der Waals surface area (Å²) in [7, 11) is 0. The summed E-state index contributed by atoms with van der Waals surface area (Å²) in [5.41, 5.74) is 1.32. The molecular weight excluding hydrogens is 219 g/mol. The van der Waals surface area contributed by atoms with Gasteiger partial charge in [0.15, 0.2) is 0 Å². The van der Waals surface area contributed by atoms with Gasteiger partial charge in [-0.2, -0.15) is 0 Å². The summed E-state index contributed by atoms with van der Waals surface area (Å²) in [6, 6.07) is 11.3. The number of rotatable bonds is 3. The maximum absolute atomic E-state index is 6.08. The molecule has 0 heterocycles. The highest BCUT2D eigenvalue weighted by molar-refractivity contribution is 7.44. The SMILES string of the molecule is C[C@@H](C[Si](C)(Cl)Cl)c1ccccc1. The number of halogens is 2. The summed E-state index contributed by atoms with van der Waals surface area (Å²) in [4.78, 5) is 0. The summed E-state index contributed by atoms with van der Waals surface area (Å²) in [6.07, 6.45) is 0. The van der Waals surface area contributed by atoms with Crippen LogP contribution >= 0.6 is 22.2 Å². The van der Waals surface area contributed by atoms with Gasteiger partial charge in [-0.1, -0.05) is 37.3 Å². The van der Waals surface area contributed by atoms with Crippen LogP contribution in [0, 0.1) is 0 Å². The van der Waals surface area contributed by atoms with Crippen molar-refractivity contribution in [1.82, 2.24) is 0 Å². The molecule has 0 unspecified atom stereocenters. The Balaban J connectivity index is 2.64. The normalized spacial score (nSPS) is 14.2. The standard InChI is InChI=1S/C10H14Cl2Si/c1-9(8-13(2,11)12)10-6-4-3-5-7-10/h3-7,9H,8H2,1-2H3/t9-/m0/s1. The number of hydrogen-bond acceptors (Lipinski definition) is 0. The van der Waals surface area contributed by atoms with E-state index >= 15 is 0 Å². The zero-order chi connectivity index (χ0) is 9.90. The minimum absolute atomic E-state index is 0.466. The van der Waals surface area contributed by atoms with E-state index in [1.165, 1.54) is 5.56 Å². The average Bonchev–Trinajstić information content (AvgIpc) is 2.03. The van der Waals surface area contributed by atoms with Crippen molar-refractivity contribution >= 4 is 28.9 Å². The van der Waals surface area contributed by atoms with Gasteiger partial charge < -0.3 is 0 Å². The van der Waals surface area contributed by atoms with Crippen molar-refractivity contribution in [1.29, 1.82) is 0 Å². The summed E-state index contributed by atoms with van der Waals surface area (Å²) in [5.74, 6) is 0.466. The highest BCUT2D eigenvalue weighted by atomic mass is 35.7. The van der Waals surface area contributed by atoms with E-state index in [1.54, 1.807) is 0 Å². The molecule has 0 saturated heterocycles. The molecule has 13 heavy (non-hydrogen) atoms. The summed E-state index contributed by atoms with van der Waals surface area (Å²) in [6.45, 7) is 2.18. The minimum atomic E-state index is -1.96. The maximum Gasteiger partial charge on any atom is 0.249 e. The van der Waals surface area contributed by atoms with Gasteiger partial charge in [0.1, 0.15) is 0 Å². The first-order valence-corrected chi connectivity index (χ1v) is 9.15. The Labute approximate surface area is 90.3 Å². The first kappa shape index (κ1) is 11.1. The molecule has 0 bridgehead atoms. The molecule has 0 aliphatic carbocycles. The Morgan fingerprint density at radius 1 is 1.23 bits per heavy atom. The Bertz CT molecular complexity index is 253. The molecule has 0 amide bonds. The van der Waals surface area contributed by atoms with Crippen LogP contribution in [0.4, 0.5) is 0 Å². The molecule has 0 spiro atoms. The first-order valence-electron chi connectivity index (χ1n) is 4.42. The molecule has 72 valence electrons. The van der Waals surface area contributed by atoms with Crippen LogP contribution in [0.15, 0.2) is 30.3 Å². The lowest BCUT2D eigenvalue weighted by Crippen LogP contribution is -2.15. The lowest BCUT2D eigenvalue weighted by Gasteiger charge is -2.17. The third kappa shape index (κ3) is 4.16. The third-order valence-electron chi connectivity index (χ3n) is 2.03. The topological polar surface area (TPSA) is 0 Å². The van der Waals surface area contributed by atoms with Crippen LogP contribution in [0.1, 0.15) is 18.4 Å². The van der Waals surface area contributed by atoms with Gasteiger partial charge in [0.2, 0.25) is 6.69 Å². The second-order valence-electron chi connectivity index (χ2n) is 3.59. The zero-order valence-electron chi connectivity index (χ0n) is 7.93. The van der Waals surface area contributed by atoms with Crippen molar-refractivity contribution in [2.45, 2.75) is 25.4 Å². The second kappa shape index (κ2) is 4.49. The van der Waals surface area contributed by atoms with E-state index in [1.807, 2.05) is 24.7 Å². The smallest absolute Gasteiger partial charge is 0.146 e. The molecule has 1 aromatic carbocycles. The van der Waals surface area contributed by atoms with Crippen LogP contribution in [0.3, 0.4) is 0 Å². The molecule has 0 aromatic heterocycles. The van der Waals surface area contributed by atoms with E-state index in [0.717, 1.165) is 6.04 Å². The molecular formula is C10H14Cl2Si. The molecule has 0 aliphatic heterocycles. The van der Waals surface area contributed by atoms with Gasteiger partial charge in [-0.05, 0) is 24.1 Å². The lowest BCUT2D eigenvalue weighted by molar-refractivity contribution is 0.855. The fourth-order valence-electron chi connectivity index (χ4n) is 1.44. The zero-order valence-corrected chi connectivity index (χ0v) is 10.4. The Morgan fingerprint density at radius 3 is 2.23 bits per heavy atom. The third-order valence-corrected chi connectivity index (χ3v) is 4.29. The second-order valence-corrected chi connectivity index (χ2v) is 11.7. The van der Waals surface area contributed by atoms with Crippen LogP contribution in [0.2, 0.25) is 12.6 Å². The van der Waals surface area contributed by atoms with Crippen LogP contribution in [0.25, 0.3) is 0 Å².